The predicted octanol–water partition coefficient (Wildman–Crippen LogP) is 15.2. The van der Waals surface area contributed by atoms with E-state index >= 15 is 0 Å². The SMILES string of the molecule is C(=C\c1ccc(N2c3ccccc3Oc3ccccc32)c2ccccc12)/c1ccc2c(c1)C1(Cc3ccccc3C1)c1cc(N3c4ccccc4Oc4ccccc43)ccc1-2. The number of fused-ring (bicyclic) bond motifs is 11. The van der Waals surface area contributed by atoms with Gasteiger partial charge in [0.2, 0.25) is 0 Å². The third-order valence-corrected chi connectivity index (χ3v) is 13.2. The molecule has 0 aromatic heterocycles. The highest BCUT2D eigenvalue weighted by Gasteiger charge is 2.47. The van der Waals surface area contributed by atoms with Gasteiger partial charge in [0.05, 0.1) is 28.4 Å². The first-order chi connectivity index (χ1) is 30.2. The largest absolute Gasteiger partial charge is 0.453 e. The van der Waals surface area contributed by atoms with Crippen LogP contribution in [0.1, 0.15) is 33.4 Å². The van der Waals surface area contributed by atoms with Crippen molar-refractivity contribution in [3.63, 3.8) is 0 Å². The van der Waals surface area contributed by atoms with E-state index in [0.717, 1.165) is 70.0 Å². The molecular formula is C57H38N2O2. The summed E-state index contributed by atoms with van der Waals surface area (Å²) in [6.45, 7) is 0. The lowest BCUT2D eigenvalue weighted by atomic mass is 9.75. The van der Waals surface area contributed by atoms with Crippen molar-refractivity contribution in [2.45, 2.75) is 18.3 Å². The monoisotopic (exact) mass is 782 g/mol. The molecule has 4 heteroatoms. The van der Waals surface area contributed by atoms with E-state index in [4.69, 9.17) is 9.47 Å². The zero-order valence-corrected chi connectivity index (χ0v) is 33.3. The Morgan fingerprint density at radius 3 is 1.49 bits per heavy atom. The number of hydrogen-bond acceptors (Lipinski definition) is 4. The highest BCUT2D eigenvalue weighted by molar-refractivity contribution is 6.05. The summed E-state index contributed by atoms with van der Waals surface area (Å²) in [5.74, 6) is 3.43. The van der Waals surface area contributed by atoms with Gasteiger partial charge in [-0.1, -0.05) is 140 Å². The van der Waals surface area contributed by atoms with Crippen LogP contribution in [0.25, 0.3) is 34.1 Å². The van der Waals surface area contributed by atoms with E-state index in [1.165, 1.54) is 55.3 Å². The number of hydrogen-bond donors (Lipinski definition) is 0. The molecule has 0 atom stereocenters. The number of nitrogens with zero attached hydrogens (tertiary/aromatic N) is 2. The van der Waals surface area contributed by atoms with Gasteiger partial charge in [0, 0.05) is 16.5 Å². The van der Waals surface area contributed by atoms with Crippen molar-refractivity contribution in [3.05, 3.63) is 228 Å². The smallest absolute Gasteiger partial charge is 0.151 e. The third-order valence-electron chi connectivity index (χ3n) is 13.2. The van der Waals surface area contributed by atoms with Crippen LogP contribution in [0.5, 0.6) is 23.0 Å². The zero-order chi connectivity index (χ0) is 40.1. The standard InChI is InChI=1S/C57H38N2O2/c1-2-14-40-36-57(35-39(40)13-1)46-33-37(26-30-43(46)44-31-29-41(34-47(44)57)58-49-17-5-9-21-53(49)60-54-22-10-6-18-50(54)58)25-27-38-28-32-48(45-16-4-3-15-42(38)45)59-51-19-7-11-23-55(51)61-56-24-12-8-20-52(56)59/h1-34H,35-36H2/b27-25+. The molecule has 0 radical (unpaired) electrons. The maximum Gasteiger partial charge on any atom is 0.151 e. The molecule has 1 spiro atoms. The lowest BCUT2D eigenvalue weighted by Crippen LogP contribution is -2.26. The fraction of sp³-hybridized carbons (Fsp3) is 0.0526. The molecule has 0 saturated carbocycles. The fourth-order valence-electron chi connectivity index (χ4n) is 10.5. The van der Waals surface area contributed by atoms with Crippen LogP contribution >= 0.6 is 0 Å². The molecule has 0 unspecified atom stereocenters. The molecule has 2 aliphatic carbocycles. The Morgan fingerprint density at radius 2 is 0.885 bits per heavy atom. The van der Waals surface area contributed by atoms with Gasteiger partial charge >= 0.3 is 0 Å². The zero-order valence-electron chi connectivity index (χ0n) is 33.3. The molecule has 61 heavy (non-hydrogen) atoms. The van der Waals surface area contributed by atoms with E-state index in [1.807, 2.05) is 36.4 Å². The number of benzene rings is 9. The van der Waals surface area contributed by atoms with Gasteiger partial charge in [-0.3, -0.25) is 0 Å². The molecule has 4 aliphatic rings. The summed E-state index contributed by atoms with van der Waals surface area (Å²) in [5.41, 5.74) is 16.9. The van der Waals surface area contributed by atoms with Crippen LogP contribution in [0.2, 0.25) is 0 Å². The number of anilines is 6. The Hall–Kier alpha value is -7.82. The van der Waals surface area contributed by atoms with E-state index in [-0.39, 0.29) is 5.41 Å². The summed E-state index contributed by atoms with van der Waals surface area (Å²) in [6.07, 6.45) is 6.53. The first-order valence-corrected chi connectivity index (χ1v) is 21.1. The summed E-state index contributed by atoms with van der Waals surface area (Å²) in [5, 5.41) is 2.39. The molecule has 4 nitrogen and oxygen atoms in total. The maximum absolute atomic E-state index is 6.40. The van der Waals surface area contributed by atoms with Crippen LogP contribution in [0, 0.1) is 0 Å². The highest BCUT2D eigenvalue weighted by atomic mass is 16.5. The predicted molar refractivity (Wildman–Crippen MR) is 249 cm³/mol. The molecule has 288 valence electrons. The second kappa shape index (κ2) is 13.1. The van der Waals surface area contributed by atoms with Crippen molar-refractivity contribution < 1.29 is 9.47 Å². The second-order valence-electron chi connectivity index (χ2n) is 16.5. The Morgan fingerprint density at radius 1 is 0.393 bits per heavy atom. The average Bonchev–Trinajstić information content (AvgIpc) is 3.83. The number of para-hydroxylation sites is 8. The molecule has 9 aromatic rings. The molecule has 0 N–H and O–H groups in total. The van der Waals surface area contributed by atoms with Gasteiger partial charge in [0.1, 0.15) is 0 Å². The number of rotatable bonds is 4. The molecule has 2 heterocycles. The van der Waals surface area contributed by atoms with E-state index in [0.29, 0.717) is 0 Å². The van der Waals surface area contributed by atoms with Gasteiger partial charge in [-0.05, 0) is 129 Å². The summed E-state index contributed by atoms with van der Waals surface area (Å²) >= 11 is 0. The van der Waals surface area contributed by atoms with E-state index in [9.17, 15) is 0 Å². The lowest BCUT2D eigenvalue weighted by Gasteiger charge is -2.34. The minimum absolute atomic E-state index is 0.182. The van der Waals surface area contributed by atoms with E-state index in [1.54, 1.807) is 0 Å². The maximum atomic E-state index is 6.40. The second-order valence-corrected chi connectivity index (χ2v) is 16.5. The van der Waals surface area contributed by atoms with Gasteiger partial charge in [-0.25, -0.2) is 0 Å². The topological polar surface area (TPSA) is 24.9 Å². The van der Waals surface area contributed by atoms with Gasteiger partial charge in [-0.2, -0.15) is 0 Å². The van der Waals surface area contributed by atoms with Gasteiger partial charge in [0.15, 0.2) is 23.0 Å². The van der Waals surface area contributed by atoms with Crippen molar-refractivity contribution in [2.24, 2.45) is 0 Å². The molecule has 0 bridgehead atoms. The van der Waals surface area contributed by atoms with Crippen molar-refractivity contribution in [1.82, 2.24) is 0 Å². The fourth-order valence-corrected chi connectivity index (χ4v) is 10.5. The Bertz CT molecular complexity index is 3190. The van der Waals surface area contributed by atoms with E-state index < -0.39 is 0 Å². The van der Waals surface area contributed by atoms with Crippen LogP contribution < -0.4 is 19.3 Å². The summed E-state index contributed by atoms with van der Waals surface area (Å²) in [7, 11) is 0. The summed E-state index contributed by atoms with van der Waals surface area (Å²) in [4.78, 5) is 4.71. The van der Waals surface area contributed by atoms with Crippen LogP contribution in [0.15, 0.2) is 194 Å². The highest BCUT2D eigenvalue weighted by Crippen LogP contribution is 2.58. The molecular weight excluding hydrogens is 745 g/mol. The van der Waals surface area contributed by atoms with Crippen LogP contribution in [0.3, 0.4) is 0 Å². The van der Waals surface area contributed by atoms with Gasteiger partial charge < -0.3 is 19.3 Å². The number of ether oxygens (including phenoxy) is 2. The molecule has 0 amide bonds. The molecule has 2 aliphatic heterocycles. The molecule has 0 saturated heterocycles. The molecule has 9 aromatic carbocycles. The average molecular weight is 783 g/mol. The van der Waals surface area contributed by atoms with Crippen molar-refractivity contribution in [2.75, 3.05) is 9.80 Å². The minimum atomic E-state index is -0.182. The minimum Gasteiger partial charge on any atom is -0.453 e. The lowest BCUT2D eigenvalue weighted by molar-refractivity contribution is 0.477. The molecule has 13 rings (SSSR count). The Balaban J connectivity index is 0.910. The summed E-state index contributed by atoms with van der Waals surface area (Å²) in [6, 6.07) is 69.8. The Kier molecular flexibility index (Phi) is 7.31. The van der Waals surface area contributed by atoms with E-state index in [2.05, 4.69) is 180 Å². The van der Waals surface area contributed by atoms with Gasteiger partial charge in [0.25, 0.3) is 0 Å². The Labute approximate surface area is 354 Å². The van der Waals surface area contributed by atoms with Gasteiger partial charge in [-0.15, -0.1) is 0 Å². The quantitative estimate of drug-likeness (QED) is 0.166. The van der Waals surface area contributed by atoms with Crippen molar-refractivity contribution in [3.8, 4) is 34.1 Å². The van der Waals surface area contributed by atoms with Crippen molar-refractivity contribution >= 4 is 57.0 Å². The third kappa shape index (κ3) is 5.12. The molecule has 0 fully saturated rings. The first-order valence-electron chi connectivity index (χ1n) is 21.1. The summed E-state index contributed by atoms with van der Waals surface area (Å²) < 4.78 is 12.8. The van der Waals surface area contributed by atoms with Crippen LogP contribution in [-0.2, 0) is 18.3 Å². The first kappa shape index (κ1) is 34.1. The van der Waals surface area contributed by atoms with Crippen LogP contribution in [-0.4, -0.2) is 0 Å². The van der Waals surface area contributed by atoms with Crippen LogP contribution in [0.4, 0.5) is 34.1 Å². The van der Waals surface area contributed by atoms with Crippen molar-refractivity contribution in [1.29, 1.82) is 0 Å². The normalized spacial score (nSPS) is 14.7.